The van der Waals surface area contributed by atoms with Gasteiger partial charge in [-0.15, -0.1) is 10.2 Å². The Morgan fingerprint density at radius 3 is 2.04 bits per heavy atom. The van der Waals surface area contributed by atoms with E-state index in [0.29, 0.717) is 44.7 Å². The highest BCUT2D eigenvalue weighted by Crippen LogP contribution is 2.40. The maximum absolute atomic E-state index is 13.5. The van der Waals surface area contributed by atoms with Gasteiger partial charge >= 0.3 is 18.3 Å². The summed E-state index contributed by atoms with van der Waals surface area (Å²) in [4.78, 5) is 46.8. The van der Waals surface area contributed by atoms with E-state index >= 15 is 0 Å². The number of hydrogen-bond donors (Lipinski definition) is 0. The molecule has 3 amide bonds. The third-order valence-corrected chi connectivity index (χ3v) is 9.42. The molecule has 14 heteroatoms. The van der Waals surface area contributed by atoms with Crippen molar-refractivity contribution in [1.29, 1.82) is 0 Å². The van der Waals surface area contributed by atoms with Crippen molar-refractivity contribution in [2.75, 3.05) is 40.9 Å². The first-order chi connectivity index (χ1) is 25.1. The van der Waals surface area contributed by atoms with Gasteiger partial charge in [0.25, 0.3) is 0 Å². The van der Waals surface area contributed by atoms with E-state index in [-0.39, 0.29) is 41.9 Å². The van der Waals surface area contributed by atoms with Crippen LogP contribution in [0.2, 0.25) is 5.15 Å². The lowest BCUT2D eigenvalue weighted by molar-refractivity contribution is 0.0428. The predicted molar refractivity (Wildman–Crippen MR) is 202 cm³/mol. The van der Waals surface area contributed by atoms with E-state index in [9.17, 15) is 14.4 Å². The molecular weight excluding hydrogens is 700 g/mol. The molecule has 2 aromatic carbocycles. The molecule has 0 aliphatic carbocycles. The van der Waals surface area contributed by atoms with Gasteiger partial charge in [0.2, 0.25) is 0 Å². The number of rotatable bonds is 7. The molecule has 3 aliphatic heterocycles. The standard InChI is InChI=1S/C39H49ClN6O7/c1-38(2,3)52-36(48)46(37(49)53-39(4,5)6)34-32(22-33(40)41-42-34)44-23-28-15-16-29(24-44)45(28)27-13-10-14-31(21-27)51-30-17-19-43(20-18-30)35(47)50-25-26-11-8-7-9-12-26/h7-14,21-22,28-30H,15-20,23-25H2,1-6H3/t28-,29+. The Hall–Kier alpha value is -4.78. The molecule has 3 fully saturated rings. The van der Waals surface area contributed by atoms with Crippen LogP contribution in [0.5, 0.6) is 5.75 Å². The van der Waals surface area contributed by atoms with Crippen LogP contribution in [0, 0.1) is 0 Å². The first-order valence-corrected chi connectivity index (χ1v) is 18.6. The predicted octanol–water partition coefficient (Wildman–Crippen LogP) is 7.84. The summed E-state index contributed by atoms with van der Waals surface area (Å²) >= 11 is 6.38. The topological polar surface area (TPSA) is 127 Å². The van der Waals surface area contributed by atoms with Crippen LogP contribution in [0.4, 0.5) is 31.6 Å². The van der Waals surface area contributed by atoms with Crippen LogP contribution in [0.3, 0.4) is 0 Å². The molecule has 3 aliphatic rings. The number of aromatic nitrogens is 2. The van der Waals surface area contributed by atoms with E-state index in [2.05, 4.69) is 32.1 Å². The molecule has 2 bridgehead atoms. The maximum Gasteiger partial charge on any atom is 0.425 e. The summed E-state index contributed by atoms with van der Waals surface area (Å²) < 4.78 is 23.2. The second kappa shape index (κ2) is 15.7. The molecule has 0 N–H and O–H groups in total. The fourth-order valence-electron chi connectivity index (χ4n) is 7.01. The van der Waals surface area contributed by atoms with Crippen LogP contribution in [-0.4, -0.2) is 88.9 Å². The highest BCUT2D eigenvalue weighted by Gasteiger charge is 2.43. The number of hydrogen-bond acceptors (Lipinski definition) is 11. The van der Waals surface area contributed by atoms with Crippen LogP contribution >= 0.6 is 11.6 Å². The van der Waals surface area contributed by atoms with E-state index in [4.69, 9.17) is 30.5 Å². The summed E-state index contributed by atoms with van der Waals surface area (Å²) in [5.41, 5.74) is 0.751. The SMILES string of the molecule is CC(C)(C)OC(=O)N(C(=O)OC(C)(C)C)c1nnc(Cl)cc1N1C[C@H]2CC[C@@H](C1)N2c1cccc(OC2CCN(C(=O)OCc3ccccc3)CC2)c1. The average molecular weight is 749 g/mol. The summed E-state index contributed by atoms with van der Waals surface area (Å²) in [6, 6.07) is 19.7. The van der Waals surface area contributed by atoms with Crippen molar-refractivity contribution in [3.8, 4) is 5.75 Å². The van der Waals surface area contributed by atoms with Crippen LogP contribution in [0.25, 0.3) is 0 Å². The Morgan fingerprint density at radius 2 is 1.43 bits per heavy atom. The number of fused-ring (bicyclic) bond motifs is 2. The Balaban J connectivity index is 1.12. The van der Waals surface area contributed by atoms with E-state index < -0.39 is 23.4 Å². The van der Waals surface area contributed by atoms with Gasteiger partial charge in [-0.05, 0) is 72.1 Å². The largest absolute Gasteiger partial charge is 0.490 e. The smallest absolute Gasteiger partial charge is 0.425 e. The number of halogens is 1. The van der Waals surface area contributed by atoms with Crippen molar-refractivity contribution in [2.24, 2.45) is 0 Å². The molecular formula is C39H49ClN6O7. The number of carbonyl (C=O) groups excluding carboxylic acids is 3. The second-order valence-corrected chi connectivity index (χ2v) is 16.1. The number of piperidine rings is 1. The van der Waals surface area contributed by atoms with Gasteiger partial charge in [0.15, 0.2) is 11.0 Å². The molecule has 13 nitrogen and oxygen atoms in total. The first kappa shape index (κ1) is 38.0. The first-order valence-electron chi connectivity index (χ1n) is 18.2. The molecule has 2 atom stereocenters. The molecule has 3 saturated heterocycles. The summed E-state index contributed by atoms with van der Waals surface area (Å²) in [6.45, 7) is 12.9. The molecule has 1 aromatic heterocycles. The lowest BCUT2D eigenvalue weighted by Crippen LogP contribution is -2.54. The Morgan fingerprint density at radius 1 is 0.811 bits per heavy atom. The molecule has 284 valence electrons. The van der Waals surface area contributed by atoms with Gasteiger partial charge in [-0.1, -0.05) is 48.0 Å². The second-order valence-electron chi connectivity index (χ2n) is 15.7. The number of likely N-dealkylation sites (tertiary alicyclic amines) is 1. The normalized spacial score (nSPS) is 19.1. The van der Waals surface area contributed by atoms with Gasteiger partial charge in [0, 0.05) is 68.9 Å². The Labute approximate surface area is 316 Å². The molecule has 53 heavy (non-hydrogen) atoms. The lowest BCUT2D eigenvalue weighted by atomic mass is 10.1. The summed E-state index contributed by atoms with van der Waals surface area (Å²) in [5.74, 6) is 0.781. The van der Waals surface area contributed by atoms with Gasteiger partial charge in [-0.3, -0.25) is 0 Å². The van der Waals surface area contributed by atoms with Gasteiger partial charge in [-0.25, -0.2) is 14.4 Å². The monoisotopic (exact) mass is 748 g/mol. The number of ether oxygens (including phenoxy) is 4. The van der Waals surface area contributed by atoms with Crippen molar-refractivity contribution in [2.45, 2.75) is 103 Å². The van der Waals surface area contributed by atoms with E-state index in [1.165, 1.54) is 0 Å². The van der Waals surface area contributed by atoms with Gasteiger partial charge < -0.3 is 33.6 Å². The number of amides is 3. The number of anilines is 3. The van der Waals surface area contributed by atoms with Crippen LogP contribution in [-0.2, 0) is 20.8 Å². The minimum atomic E-state index is -0.920. The minimum absolute atomic E-state index is 0.00310. The number of carbonyl (C=O) groups is 3. The van der Waals surface area contributed by atoms with Crippen molar-refractivity contribution >= 4 is 47.1 Å². The van der Waals surface area contributed by atoms with Crippen molar-refractivity contribution in [1.82, 2.24) is 15.1 Å². The Kier molecular flexibility index (Phi) is 11.2. The van der Waals surface area contributed by atoms with Gasteiger partial charge in [0.05, 0.1) is 5.69 Å². The minimum Gasteiger partial charge on any atom is -0.490 e. The summed E-state index contributed by atoms with van der Waals surface area (Å²) in [6.07, 6.45) is 1.17. The zero-order valence-corrected chi connectivity index (χ0v) is 32.0. The van der Waals surface area contributed by atoms with Crippen molar-refractivity contribution in [3.05, 3.63) is 71.4 Å². The van der Waals surface area contributed by atoms with E-state index in [1.54, 1.807) is 52.5 Å². The molecule has 6 rings (SSSR count). The molecule has 0 spiro atoms. The zero-order valence-electron chi connectivity index (χ0n) is 31.3. The van der Waals surface area contributed by atoms with Crippen LogP contribution < -0.4 is 19.4 Å². The summed E-state index contributed by atoms with van der Waals surface area (Å²) in [7, 11) is 0. The number of piperazine rings is 1. The van der Waals surface area contributed by atoms with E-state index in [1.807, 2.05) is 42.5 Å². The van der Waals surface area contributed by atoms with Gasteiger partial charge in [-0.2, -0.15) is 4.90 Å². The quantitative estimate of drug-likeness (QED) is 0.219. The number of benzene rings is 2. The average Bonchev–Trinajstić information content (AvgIpc) is 3.36. The highest BCUT2D eigenvalue weighted by atomic mass is 35.5. The molecule has 0 saturated carbocycles. The van der Waals surface area contributed by atoms with Crippen molar-refractivity contribution < 1.29 is 33.3 Å². The molecule has 4 heterocycles. The van der Waals surface area contributed by atoms with Crippen LogP contribution in [0.1, 0.15) is 72.8 Å². The molecule has 3 aromatic rings. The summed E-state index contributed by atoms with van der Waals surface area (Å²) in [5, 5.41) is 8.38. The van der Waals surface area contributed by atoms with Crippen LogP contribution in [0.15, 0.2) is 60.7 Å². The Bertz CT molecular complexity index is 1730. The fourth-order valence-corrected chi connectivity index (χ4v) is 7.15. The fraction of sp³-hybridized carbons (Fsp3) is 0.513. The highest BCUT2D eigenvalue weighted by molar-refractivity contribution is 6.29. The maximum atomic E-state index is 13.5. The third kappa shape index (κ3) is 9.61. The lowest BCUT2D eigenvalue weighted by Gasteiger charge is -2.44. The van der Waals surface area contributed by atoms with Crippen molar-refractivity contribution in [3.63, 3.8) is 0 Å². The molecule has 0 unspecified atom stereocenters. The zero-order chi connectivity index (χ0) is 37.9. The molecule has 0 radical (unpaired) electrons. The number of nitrogens with zero attached hydrogens (tertiary/aromatic N) is 6. The van der Waals surface area contributed by atoms with E-state index in [0.717, 1.165) is 34.7 Å². The van der Waals surface area contributed by atoms with Gasteiger partial charge in [0.1, 0.15) is 29.7 Å². The third-order valence-electron chi connectivity index (χ3n) is 9.24. The number of imide groups is 1.